The third-order valence-electron chi connectivity index (χ3n) is 2.80. The molecule has 0 rings (SSSR count). The lowest BCUT2D eigenvalue weighted by Crippen LogP contribution is -2.26. The van der Waals surface area contributed by atoms with Gasteiger partial charge in [0.05, 0.1) is 12.2 Å². The summed E-state index contributed by atoms with van der Waals surface area (Å²) in [6.45, 7) is 14.8. The van der Waals surface area contributed by atoms with Gasteiger partial charge >= 0.3 is 0 Å². The van der Waals surface area contributed by atoms with Crippen LogP contribution in [0.2, 0.25) is 0 Å². The number of hydrogen-bond donors (Lipinski definition) is 0. The Bertz CT molecular complexity index is 148. The summed E-state index contributed by atoms with van der Waals surface area (Å²) < 4.78 is 11.7. The number of hydrogen-bond acceptors (Lipinski definition) is 2. The van der Waals surface area contributed by atoms with Crippen LogP contribution in [0.4, 0.5) is 0 Å². The van der Waals surface area contributed by atoms with Gasteiger partial charge in [0.2, 0.25) is 0 Å². The molecule has 0 saturated carbocycles. The summed E-state index contributed by atoms with van der Waals surface area (Å²) in [4.78, 5) is 0. The van der Waals surface area contributed by atoms with Gasteiger partial charge in [-0.05, 0) is 44.9 Å². The van der Waals surface area contributed by atoms with Gasteiger partial charge in [0, 0.05) is 13.2 Å². The van der Waals surface area contributed by atoms with Crippen LogP contribution < -0.4 is 0 Å². The van der Waals surface area contributed by atoms with Crippen LogP contribution in [0, 0.1) is 11.8 Å². The lowest BCUT2D eigenvalue weighted by Gasteiger charge is -2.26. The van der Waals surface area contributed by atoms with E-state index in [2.05, 4.69) is 41.5 Å². The molecule has 0 aliphatic carbocycles. The zero-order valence-electron chi connectivity index (χ0n) is 12.7. The monoisotopic (exact) mass is 244 g/mol. The van der Waals surface area contributed by atoms with Crippen LogP contribution in [0.15, 0.2) is 0 Å². The third-order valence-corrected chi connectivity index (χ3v) is 2.80. The Morgan fingerprint density at radius 2 is 1.00 bits per heavy atom. The SMILES string of the molecule is CCOC(CC(C)C)CC(CC(C)C)OCC. The maximum atomic E-state index is 5.83. The zero-order chi connectivity index (χ0) is 13.3. The molecule has 0 bridgehead atoms. The summed E-state index contributed by atoms with van der Waals surface area (Å²) in [6, 6.07) is 0. The summed E-state index contributed by atoms with van der Waals surface area (Å²) >= 11 is 0. The lowest BCUT2D eigenvalue weighted by molar-refractivity contribution is -0.0243. The molecule has 0 spiro atoms. The average molecular weight is 244 g/mol. The van der Waals surface area contributed by atoms with E-state index in [1.807, 2.05) is 0 Å². The van der Waals surface area contributed by atoms with Crippen LogP contribution in [-0.2, 0) is 9.47 Å². The molecule has 0 aromatic carbocycles. The largest absolute Gasteiger partial charge is 0.378 e. The van der Waals surface area contributed by atoms with Gasteiger partial charge in [0.15, 0.2) is 0 Å². The van der Waals surface area contributed by atoms with E-state index in [4.69, 9.17) is 9.47 Å². The van der Waals surface area contributed by atoms with Crippen LogP contribution in [0.3, 0.4) is 0 Å². The van der Waals surface area contributed by atoms with E-state index in [0.717, 1.165) is 32.5 Å². The van der Waals surface area contributed by atoms with Gasteiger partial charge in [0.1, 0.15) is 0 Å². The molecule has 0 aliphatic heterocycles. The second-order valence-corrected chi connectivity index (χ2v) is 5.65. The van der Waals surface area contributed by atoms with Crippen molar-refractivity contribution in [3.05, 3.63) is 0 Å². The first-order valence-electron chi connectivity index (χ1n) is 7.22. The first-order chi connectivity index (χ1) is 7.99. The van der Waals surface area contributed by atoms with Crippen LogP contribution >= 0.6 is 0 Å². The molecule has 2 nitrogen and oxygen atoms in total. The van der Waals surface area contributed by atoms with Gasteiger partial charge in [-0.15, -0.1) is 0 Å². The van der Waals surface area contributed by atoms with Crippen molar-refractivity contribution < 1.29 is 9.47 Å². The summed E-state index contributed by atoms with van der Waals surface area (Å²) in [5.74, 6) is 1.38. The van der Waals surface area contributed by atoms with Crippen molar-refractivity contribution in [3.8, 4) is 0 Å². The molecular weight excluding hydrogens is 212 g/mol. The predicted octanol–water partition coefficient (Wildman–Crippen LogP) is 4.28. The van der Waals surface area contributed by atoms with E-state index < -0.39 is 0 Å². The Hall–Kier alpha value is -0.0800. The molecule has 0 aromatic heterocycles. The quantitative estimate of drug-likeness (QED) is 0.571. The molecule has 0 aromatic rings. The van der Waals surface area contributed by atoms with Gasteiger partial charge in [-0.2, -0.15) is 0 Å². The van der Waals surface area contributed by atoms with Gasteiger partial charge in [-0.3, -0.25) is 0 Å². The predicted molar refractivity (Wildman–Crippen MR) is 74.4 cm³/mol. The normalized spacial score (nSPS) is 15.5. The van der Waals surface area contributed by atoms with E-state index in [1.54, 1.807) is 0 Å². The van der Waals surface area contributed by atoms with Gasteiger partial charge in [0.25, 0.3) is 0 Å². The molecule has 0 radical (unpaired) electrons. The first kappa shape index (κ1) is 16.9. The Morgan fingerprint density at radius 1 is 0.647 bits per heavy atom. The van der Waals surface area contributed by atoms with Crippen molar-refractivity contribution in [2.75, 3.05) is 13.2 Å². The highest BCUT2D eigenvalue weighted by Gasteiger charge is 2.19. The van der Waals surface area contributed by atoms with Crippen molar-refractivity contribution in [3.63, 3.8) is 0 Å². The maximum absolute atomic E-state index is 5.83. The standard InChI is InChI=1S/C15H32O2/c1-7-16-14(9-12(3)4)11-15(17-8-2)10-13(5)6/h12-15H,7-11H2,1-6H3. The van der Waals surface area contributed by atoms with Crippen molar-refractivity contribution in [2.24, 2.45) is 11.8 Å². The minimum absolute atomic E-state index is 0.357. The second-order valence-electron chi connectivity index (χ2n) is 5.65. The Labute approximate surface area is 108 Å². The minimum Gasteiger partial charge on any atom is -0.378 e. The summed E-state index contributed by atoms with van der Waals surface area (Å²) in [5, 5.41) is 0. The van der Waals surface area contributed by atoms with Crippen LogP contribution in [-0.4, -0.2) is 25.4 Å². The van der Waals surface area contributed by atoms with Gasteiger partial charge in [-0.1, -0.05) is 27.7 Å². The molecule has 2 heteroatoms. The van der Waals surface area contributed by atoms with Crippen LogP contribution in [0.5, 0.6) is 0 Å². The van der Waals surface area contributed by atoms with E-state index >= 15 is 0 Å². The van der Waals surface area contributed by atoms with E-state index in [-0.39, 0.29) is 0 Å². The molecule has 0 aliphatic rings. The van der Waals surface area contributed by atoms with Crippen molar-refractivity contribution in [1.29, 1.82) is 0 Å². The fourth-order valence-corrected chi connectivity index (χ4v) is 2.28. The highest BCUT2D eigenvalue weighted by molar-refractivity contribution is 4.69. The van der Waals surface area contributed by atoms with Crippen molar-refractivity contribution >= 4 is 0 Å². The second kappa shape index (κ2) is 9.90. The smallest absolute Gasteiger partial charge is 0.0602 e. The zero-order valence-corrected chi connectivity index (χ0v) is 12.7. The van der Waals surface area contributed by atoms with Crippen molar-refractivity contribution in [2.45, 2.75) is 73.0 Å². The summed E-state index contributed by atoms with van der Waals surface area (Å²) in [5.41, 5.74) is 0. The summed E-state index contributed by atoms with van der Waals surface area (Å²) in [6.07, 6.45) is 4.02. The average Bonchev–Trinajstić information content (AvgIpc) is 2.16. The Balaban J connectivity index is 4.22. The number of rotatable bonds is 10. The molecule has 17 heavy (non-hydrogen) atoms. The minimum atomic E-state index is 0.357. The van der Waals surface area contributed by atoms with Crippen LogP contribution in [0.25, 0.3) is 0 Å². The molecule has 0 N–H and O–H groups in total. The molecule has 0 amide bonds. The third kappa shape index (κ3) is 9.61. The van der Waals surface area contributed by atoms with E-state index in [1.165, 1.54) is 0 Å². The lowest BCUT2D eigenvalue weighted by atomic mass is 9.96. The molecule has 0 heterocycles. The highest BCUT2D eigenvalue weighted by atomic mass is 16.5. The van der Waals surface area contributed by atoms with E-state index in [9.17, 15) is 0 Å². The highest BCUT2D eigenvalue weighted by Crippen LogP contribution is 2.19. The van der Waals surface area contributed by atoms with Crippen LogP contribution in [0.1, 0.15) is 60.8 Å². The van der Waals surface area contributed by atoms with Crippen molar-refractivity contribution in [1.82, 2.24) is 0 Å². The fraction of sp³-hybridized carbons (Fsp3) is 1.00. The fourth-order valence-electron chi connectivity index (χ4n) is 2.28. The molecule has 104 valence electrons. The van der Waals surface area contributed by atoms with E-state index in [0.29, 0.717) is 24.0 Å². The maximum Gasteiger partial charge on any atom is 0.0602 e. The molecule has 2 atom stereocenters. The topological polar surface area (TPSA) is 18.5 Å². The summed E-state index contributed by atoms with van der Waals surface area (Å²) in [7, 11) is 0. The molecule has 2 unspecified atom stereocenters. The van der Waals surface area contributed by atoms with Gasteiger partial charge in [-0.25, -0.2) is 0 Å². The molecular formula is C15H32O2. The molecule has 0 fully saturated rings. The Morgan fingerprint density at radius 3 is 1.24 bits per heavy atom. The Kier molecular flexibility index (Phi) is 9.85. The first-order valence-corrected chi connectivity index (χ1v) is 7.22. The molecule has 0 saturated heterocycles. The van der Waals surface area contributed by atoms with Gasteiger partial charge < -0.3 is 9.47 Å². The number of ether oxygens (including phenoxy) is 2.